The van der Waals surface area contributed by atoms with Gasteiger partial charge in [-0.15, -0.1) is 0 Å². The lowest BCUT2D eigenvalue weighted by atomic mass is 10.2. The average Bonchev–Trinajstić information content (AvgIpc) is 2.45. The van der Waals surface area contributed by atoms with Gasteiger partial charge in [-0.25, -0.2) is 0 Å². The number of nitrogens with one attached hydrogen (secondary N) is 1. The quantitative estimate of drug-likeness (QED) is 0.644. The molecule has 0 aromatic heterocycles. The molecule has 0 amide bonds. The van der Waals surface area contributed by atoms with E-state index in [2.05, 4.69) is 22.7 Å². The Morgan fingerprint density at radius 3 is 2.44 bits per heavy atom. The zero-order valence-electron chi connectivity index (χ0n) is 10.3. The maximum atomic E-state index is 5.09. The second-order valence-electron chi connectivity index (χ2n) is 3.85. The Balaban J connectivity index is 1.84. The molecule has 2 rings (SSSR count). The fourth-order valence-electron chi connectivity index (χ4n) is 1.54. The van der Waals surface area contributed by atoms with Gasteiger partial charge < -0.3 is 10.2 Å². The van der Waals surface area contributed by atoms with E-state index in [9.17, 15) is 0 Å². The van der Waals surface area contributed by atoms with Gasteiger partial charge >= 0.3 is 0 Å². The van der Waals surface area contributed by atoms with Crippen LogP contribution in [0.4, 0.5) is 0 Å². The molecule has 0 fully saturated rings. The topological polar surface area (TPSA) is 33.6 Å². The summed E-state index contributed by atoms with van der Waals surface area (Å²) in [4.78, 5) is 0. The Kier molecular flexibility index (Phi) is 4.36. The number of hydrazone groups is 1. The van der Waals surface area contributed by atoms with E-state index >= 15 is 0 Å². The third kappa shape index (κ3) is 3.63. The molecular weight excluding hydrogens is 224 g/mol. The summed E-state index contributed by atoms with van der Waals surface area (Å²) in [5.74, 6) is 0.851. The highest BCUT2D eigenvalue weighted by molar-refractivity contribution is 5.79. The predicted octanol–water partition coefficient (Wildman–Crippen LogP) is 2.82. The van der Waals surface area contributed by atoms with Gasteiger partial charge in [-0.05, 0) is 35.4 Å². The van der Waals surface area contributed by atoms with Gasteiger partial charge in [0, 0.05) is 0 Å². The molecular formula is C15H16N2O. The fraction of sp³-hybridized carbons (Fsp3) is 0.133. The summed E-state index contributed by atoms with van der Waals surface area (Å²) in [5.41, 5.74) is 5.27. The normalized spacial score (nSPS) is 10.5. The Morgan fingerprint density at radius 1 is 1.06 bits per heavy atom. The number of benzene rings is 2. The Bertz CT molecular complexity index is 492. The van der Waals surface area contributed by atoms with Crippen molar-refractivity contribution in [2.24, 2.45) is 5.10 Å². The summed E-state index contributed by atoms with van der Waals surface area (Å²) in [6.07, 6.45) is 1.79. The van der Waals surface area contributed by atoms with E-state index < -0.39 is 0 Å². The Morgan fingerprint density at radius 2 is 1.78 bits per heavy atom. The first-order valence-electron chi connectivity index (χ1n) is 5.82. The number of hydrogen-bond acceptors (Lipinski definition) is 3. The van der Waals surface area contributed by atoms with E-state index in [1.54, 1.807) is 13.3 Å². The molecule has 0 aliphatic carbocycles. The smallest absolute Gasteiger partial charge is 0.118 e. The van der Waals surface area contributed by atoms with Crippen LogP contribution in [0.15, 0.2) is 59.7 Å². The maximum absolute atomic E-state index is 5.09. The largest absolute Gasteiger partial charge is 0.497 e. The third-order valence-corrected chi connectivity index (χ3v) is 2.55. The highest BCUT2D eigenvalue weighted by atomic mass is 16.5. The lowest BCUT2D eigenvalue weighted by Crippen LogP contribution is -2.05. The fourth-order valence-corrected chi connectivity index (χ4v) is 1.54. The summed E-state index contributed by atoms with van der Waals surface area (Å²) in [5, 5.41) is 4.18. The van der Waals surface area contributed by atoms with Crippen LogP contribution in [0.3, 0.4) is 0 Å². The number of ether oxygens (including phenoxy) is 1. The van der Waals surface area contributed by atoms with Gasteiger partial charge in [0.2, 0.25) is 0 Å². The van der Waals surface area contributed by atoms with E-state index in [-0.39, 0.29) is 0 Å². The van der Waals surface area contributed by atoms with Crippen molar-refractivity contribution in [2.45, 2.75) is 6.54 Å². The second-order valence-corrected chi connectivity index (χ2v) is 3.85. The highest BCUT2D eigenvalue weighted by Gasteiger charge is 1.91. The minimum Gasteiger partial charge on any atom is -0.497 e. The average molecular weight is 240 g/mol. The zero-order chi connectivity index (χ0) is 12.6. The molecule has 3 nitrogen and oxygen atoms in total. The number of rotatable bonds is 5. The Hall–Kier alpha value is -2.29. The van der Waals surface area contributed by atoms with Gasteiger partial charge in [0.25, 0.3) is 0 Å². The van der Waals surface area contributed by atoms with Crippen molar-refractivity contribution < 1.29 is 4.74 Å². The summed E-state index contributed by atoms with van der Waals surface area (Å²) in [6, 6.07) is 17.9. The molecule has 3 heteroatoms. The summed E-state index contributed by atoms with van der Waals surface area (Å²) in [7, 11) is 1.66. The van der Waals surface area contributed by atoms with Crippen LogP contribution in [-0.2, 0) is 6.54 Å². The van der Waals surface area contributed by atoms with E-state index in [4.69, 9.17) is 4.74 Å². The highest BCUT2D eigenvalue weighted by Crippen LogP contribution is 2.09. The second kappa shape index (κ2) is 6.45. The van der Waals surface area contributed by atoms with Crippen LogP contribution in [-0.4, -0.2) is 13.3 Å². The van der Waals surface area contributed by atoms with Crippen LogP contribution in [0.25, 0.3) is 0 Å². The van der Waals surface area contributed by atoms with Crippen molar-refractivity contribution in [1.82, 2.24) is 5.43 Å². The summed E-state index contributed by atoms with van der Waals surface area (Å²) >= 11 is 0. The lowest BCUT2D eigenvalue weighted by Gasteiger charge is -2.01. The van der Waals surface area contributed by atoms with Gasteiger partial charge in [0.05, 0.1) is 19.9 Å². The van der Waals surface area contributed by atoms with Gasteiger partial charge in [0.15, 0.2) is 0 Å². The van der Waals surface area contributed by atoms with E-state index in [1.807, 2.05) is 42.5 Å². The van der Waals surface area contributed by atoms with Crippen molar-refractivity contribution in [3.8, 4) is 5.75 Å². The molecule has 0 spiro atoms. The summed E-state index contributed by atoms with van der Waals surface area (Å²) in [6.45, 7) is 0.730. The summed E-state index contributed by atoms with van der Waals surface area (Å²) < 4.78 is 5.09. The first-order valence-corrected chi connectivity index (χ1v) is 5.82. The molecule has 0 atom stereocenters. The van der Waals surface area contributed by atoms with Crippen LogP contribution in [0.5, 0.6) is 5.75 Å². The molecule has 92 valence electrons. The van der Waals surface area contributed by atoms with Gasteiger partial charge in [-0.3, -0.25) is 0 Å². The van der Waals surface area contributed by atoms with Crippen molar-refractivity contribution in [3.05, 3.63) is 65.7 Å². The van der Waals surface area contributed by atoms with Crippen LogP contribution < -0.4 is 10.2 Å². The third-order valence-electron chi connectivity index (χ3n) is 2.55. The van der Waals surface area contributed by atoms with Gasteiger partial charge in [-0.1, -0.05) is 30.3 Å². The first-order chi connectivity index (χ1) is 8.88. The van der Waals surface area contributed by atoms with Crippen LogP contribution in [0.2, 0.25) is 0 Å². The van der Waals surface area contributed by atoms with Crippen molar-refractivity contribution in [3.63, 3.8) is 0 Å². The molecule has 2 aromatic rings. The number of methoxy groups -OCH3 is 1. The minimum atomic E-state index is 0.730. The van der Waals surface area contributed by atoms with E-state index in [0.717, 1.165) is 17.9 Å². The van der Waals surface area contributed by atoms with Crippen LogP contribution >= 0.6 is 0 Å². The first kappa shape index (κ1) is 12.2. The maximum Gasteiger partial charge on any atom is 0.118 e. The van der Waals surface area contributed by atoms with Gasteiger partial charge in [0.1, 0.15) is 5.75 Å². The molecule has 0 bridgehead atoms. The Labute approximate surface area is 107 Å². The zero-order valence-corrected chi connectivity index (χ0v) is 10.3. The van der Waals surface area contributed by atoms with Crippen molar-refractivity contribution in [1.29, 1.82) is 0 Å². The lowest BCUT2D eigenvalue weighted by molar-refractivity contribution is 0.415. The number of hydrogen-bond donors (Lipinski definition) is 1. The molecule has 1 N–H and O–H groups in total. The molecule has 18 heavy (non-hydrogen) atoms. The molecule has 0 unspecified atom stereocenters. The number of nitrogens with zero attached hydrogens (tertiary/aromatic N) is 1. The predicted molar refractivity (Wildman–Crippen MR) is 73.9 cm³/mol. The molecule has 2 aromatic carbocycles. The molecule has 0 aliphatic heterocycles. The van der Waals surface area contributed by atoms with E-state index in [1.165, 1.54) is 5.56 Å². The van der Waals surface area contributed by atoms with Gasteiger partial charge in [-0.2, -0.15) is 5.10 Å². The standard InChI is InChI=1S/C15H16N2O/c1-18-15-9-7-14(8-10-15)12-17-16-11-13-5-3-2-4-6-13/h2-10,12,16H,11H2,1H3. The molecule has 0 aliphatic rings. The molecule has 0 heterocycles. The van der Waals surface area contributed by atoms with Crippen LogP contribution in [0, 0.1) is 0 Å². The van der Waals surface area contributed by atoms with Crippen molar-refractivity contribution >= 4 is 6.21 Å². The monoisotopic (exact) mass is 240 g/mol. The van der Waals surface area contributed by atoms with Crippen molar-refractivity contribution in [2.75, 3.05) is 7.11 Å². The van der Waals surface area contributed by atoms with E-state index in [0.29, 0.717) is 0 Å². The minimum absolute atomic E-state index is 0.730. The SMILES string of the molecule is COc1ccc(C=NNCc2ccccc2)cc1. The molecule has 0 saturated carbocycles. The molecule has 0 saturated heterocycles. The molecule has 0 radical (unpaired) electrons. The van der Waals surface area contributed by atoms with Crippen LogP contribution in [0.1, 0.15) is 11.1 Å².